The minimum Gasteiger partial charge on any atom is -0.280 e. The second-order valence-electron chi connectivity index (χ2n) is 5.41. The molecule has 2 heterocycles. The van der Waals surface area contributed by atoms with Crippen molar-refractivity contribution in [3.8, 4) is 11.1 Å². The Kier molecular flexibility index (Phi) is 3.09. The fourth-order valence-electron chi connectivity index (χ4n) is 2.93. The third-order valence-corrected chi connectivity index (χ3v) is 4.22. The molecule has 0 saturated heterocycles. The van der Waals surface area contributed by atoms with Gasteiger partial charge in [0.05, 0.1) is 23.6 Å². The zero-order valence-electron chi connectivity index (χ0n) is 12.0. The van der Waals surface area contributed by atoms with Gasteiger partial charge in [0, 0.05) is 21.7 Å². The molecule has 1 N–H and O–H groups in total. The summed E-state index contributed by atoms with van der Waals surface area (Å²) in [6, 6.07) is 16.2. The number of hydrogen-bond acceptors (Lipinski definition) is 2. The molecule has 1 atom stereocenters. The summed E-state index contributed by atoms with van der Waals surface area (Å²) in [5, 5.41) is 7.98. The molecule has 1 aliphatic heterocycles. The van der Waals surface area contributed by atoms with Crippen molar-refractivity contribution in [1.82, 2.24) is 10.2 Å². The molecule has 1 aromatic heterocycles. The van der Waals surface area contributed by atoms with Crippen LogP contribution in [-0.2, 0) is 0 Å². The van der Waals surface area contributed by atoms with Crippen LogP contribution in [0, 0.1) is 0 Å². The highest BCUT2D eigenvalue weighted by molar-refractivity contribution is 6.31. The van der Waals surface area contributed by atoms with E-state index in [1.54, 1.807) is 0 Å². The van der Waals surface area contributed by atoms with Crippen LogP contribution in [0.25, 0.3) is 11.1 Å². The van der Waals surface area contributed by atoms with Crippen LogP contribution in [0.15, 0.2) is 59.7 Å². The predicted molar refractivity (Wildman–Crippen MR) is 89.5 cm³/mol. The van der Waals surface area contributed by atoms with Crippen molar-refractivity contribution in [3.63, 3.8) is 0 Å². The van der Waals surface area contributed by atoms with Crippen LogP contribution in [0.2, 0.25) is 5.02 Å². The second-order valence-corrected chi connectivity index (χ2v) is 5.84. The van der Waals surface area contributed by atoms with Gasteiger partial charge >= 0.3 is 0 Å². The average molecular weight is 308 g/mol. The number of nitrogens with one attached hydrogen (secondary N) is 1. The van der Waals surface area contributed by atoms with Gasteiger partial charge in [0.15, 0.2) is 0 Å². The van der Waals surface area contributed by atoms with Crippen molar-refractivity contribution in [2.24, 2.45) is 4.99 Å². The monoisotopic (exact) mass is 307 g/mol. The molecule has 1 unspecified atom stereocenters. The predicted octanol–water partition coefficient (Wildman–Crippen LogP) is 4.64. The Balaban J connectivity index is 2.03. The molecule has 0 radical (unpaired) electrons. The molecule has 0 saturated carbocycles. The van der Waals surface area contributed by atoms with Gasteiger partial charge in [0.1, 0.15) is 0 Å². The second kappa shape index (κ2) is 5.11. The fraction of sp³-hybridized carbons (Fsp3) is 0.111. The minimum absolute atomic E-state index is 0.0129. The van der Waals surface area contributed by atoms with E-state index < -0.39 is 0 Å². The molecular formula is C18H14ClN3. The van der Waals surface area contributed by atoms with E-state index in [-0.39, 0.29) is 6.04 Å². The van der Waals surface area contributed by atoms with E-state index >= 15 is 0 Å². The normalized spacial score (nSPS) is 16.5. The van der Waals surface area contributed by atoms with E-state index in [2.05, 4.69) is 29.3 Å². The topological polar surface area (TPSA) is 41.0 Å². The quantitative estimate of drug-likeness (QED) is 0.699. The van der Waals surface area contributed by atoms with Crippen LogP contribution >= 0.6 is 11.6 Å². The molecule has 4 rings (SSSR count). The van der Waals surface area contributed by atoms with Gasteiger partial charge in [-0.05, 0) is 24.6 Å². The highest BCUT2D eigenvalue weighted by Crippen LogP contribution is 2.37. The Morgan fingerprint density at radius 2 is 1.82 bits per heavy atom. The van der Waals surface area contributed by atoms with Crippen molar-refractivity contribution in [2.75, 3.05) is 0 Å². The van der Waals surface area contributed by atoms with Gasteiger partial charge in [0.2, 0.25) is 0 Å². The number of fused-ring (bicyclic) bond motifs is 3. The van der Waals surface area contributed by atoms with Gasteiger partial charge < -0.3 is 0 Å². The summed E-state index contributed by atoms with van der Waals surface area (Å²) in [5.74, 6) is 0. The lowest BCUT2D eigenvalue weighted by molar-refractivity contribution is 0.779. The Labute approximate surface area is 133 Å². The third kappa shape index (κ3) is 2.06. The van der Waals surface area contributed by atoms with Crippen molar-refractivity contribution in [3.05, 3.63) is 76.6 Å². The lowest BCUT2D eigenvalue weighted by Crippen LogP contribution is -2.05. The highest BCUT2D eigenvalue weighted by Gasteiger charge is 2.24. The molecule has 3 nitrogen and oxygen atoms in total. The summed E-state index contributed by atoms with van der Waals surface area (Å²) in [6.07, 6.45) is 1.86. The lowest BCUT2D eigenvalue weighted by Gasteiger charge is -2.11. The first kappa shape index (κ1) is 13.3. The zero-order valence-corrected chi connectivity index (χ0v) is 12.8. The highest BCUT2D eigenvalue weighted by atomic mass is 35.5. The molecule has 3 aromatic rings. The van der Waals surface area contributed by atoms with E-state index in [9.17, 15) is 0 Å². The molecule has 2 aromatic carbocycles. The van der Waals surface area contributed by atoms with Gasteiger partial charge in [-0.25, -0.2) is 0 Å². The molecule has 0 spiro atoms. The first-order chi connectivity index (χ1) is 10.7. The number of aromatic nitrogens is 2. The summed E-state index contributed by atoms with van der Waals surface area (Å²) >= 11 is 6.24. The Bertz CT molecular complexity index is 865. The van der Waals surface area contributed by atoms with Crippen molar-refractivity contribution >= 4 is 17.3 Å². The number of rotatable bonds is 1. The zero-order chi connectivity index (χ0) is 15.1. The standard InChI is InChI=1S/C18H14ClN3/c1-11-17-16(10-20-22-17)14-8-7-13(19)9-15(14)18(21-11)12-5-3-2-4-6-12/h2-11H,1H3,(H,20,22). The number of H-pyrrole nitrogens is 1. The van der Waals surface area contributed by atoms with Crippen LogP contribution in [-0.4, -0.2) is 15.9 Å². The summed E-state index contributed by atoms with van der Waals surface area (Å²) in [5.41, 5.74) is 6.35. The largest absolute Gasteiger partial charge is 0.280 e. The summed E-state index contributed by atoms with van der Waals surface area (Å²) in [7, 11) is 0. The molecule has 0 fully saturated rings. The van der Waals surface area contributed by atoms with Crippen molar-refractivity contribution in [1.29, 1.82) is 0 Å². The van der Waals surface area contributed by atoms with Crippen LogP contribution in [0.3, 0.4) is 0 Å². The van der Waals surface area contributed by atoms with Crippen molar-refractivity contribution in [2.45, 2.75) is 13.0 Å². The summed E-state index contributed by atoms with van der Waals surface area (Å²) in [4.78, 5) is 4.93. The van der Waals surface area contributed by atoms with E-state index in [1.165, 1.54) is 0 Å². The first-order valence-corrected chi connectivity index (χ1v) is 7.58. The van der Waals surface area contributed by atoms with Crippen LogP contribution in [0.1, 0.15) is 29.8 Å². The Morgan fingerprint density at radius 3 is 2.64 bits per heavy atom. The maximum absolute atomic E-state index is 6.24. The van der Waals surface area contributed by atoms with Gasteiger partial charge in [-0.3, -0.25) is 10.1 Å². The number of hydrogen-bond donors (Lipinski definition) is 1. The molecule has 4 heteroatoms. The van der Waals surface area contributed by atoms with Crippen molar-refractivity contribution < 1.29 is 0 Å². The van der Waals surface area contributed by atoms with Gasteiger partial charge in [-0.15, -0.1) is 0 Å². The summed E-state index contributed by atoms with van der Waals surface area (Å²) in [6.45, 7) is 2.08. The van der Waals surface area contributed by atoms with E-state index in [4.69, 9.17) is 16.6 Å². The van der Waals surface area contributed by atoms with Crippen LogP contribution in [0.5, 0.6) is 0 Å². The molecule has 1 aliphatic rings. The molecule has 108 valence electrons. The molecule has 0 amide bonds. The maximum Gasteiger partial charge on any atom is 0.0899 e. The maximum atomic E-state index is 6.24. The number of aromatic amines is 1. The van der Waals surface area contributed by atoms with Gasteiger partial charge in [0.25, 0.3) is 0 Å². The molecule has 0 aliphatic carbocycles. The average Bonchev–Trinajstić information content (AvgIpc) is 2.99. The SMILES string of the molecule is CC1N=C(c2ccccc2)c2cc(Cl)ccc2-c2cn[nH]c21. The van der Waals surface area contributed by atoms with Gasteiger partial charge in [-0.2, -0.15) is 5.10 Å². The Morgan fingerprint density at radius 1 is 1.00 bits per heavy atom. The number of benzene rings is 2. The number of aliphatic imine (C=N–C) groups is 1. The first-order valence-electron chi connectivity index (χ1n) is 7.21. The fourth-order valence-corrected chi connectivity index (χ4v) is 3.10. The van der Waals surface area contributed by atoms with Crippen LogP contribution in [0.4, 0.5) is 0 Å². The summed E-state index contributed by atoms with van der Waals surface area (Å²) < 4.78 is 0. The smallest absolute Gasteiger partial charge is 0.0899 e. The third-order valence-electron chi connectivity index (χ3n) is 3.98. The molecular weight excluding hydrogens is 294 g/mol. The van der Waals surface area contributed by atoms with Gasteiger partial charge in [-0.1, -0.05) is 48.0 Å². The lowest BCUT2D eigenvalue weighted by atomic mass is 9.94. The number of nitrogens with zero attached hydrogens (tertiary/aromatic N) is 2. The molecule has 0 bridgehead atoms. The number of halogens is 1. The van der Waals surface area contributed by atoms with E-state index in [1.807, 2.05) is 42.6 Å². The van der Waals surface area contributed by atoms with Crippen LogP contribution < -0.4 is 0 Å². The Hall–Kier alpha value is -2.39. The minimum atomic E-state index is 0.0129. The molecule has 22 heavy (non-hydrogen) atoms. The van der Waals surface area contributed by atoms with E-state index in [0.717, 1.165) is 33.7 Å². The van der Waals surface area contributed by atoms with E-state index in [0.29, 0.717) is 5.02 Å².